The normalized spacial score (nSPS) is 12.2. The molecule has 0 saturated heterocycles. The van der Waals surface area contributed by atoms with Crippen LogP contribution in [0.5, 0.6) is 0 Å². The molecule has 18 heavy (non-hydrogen) atoms. The van der Waals surface area contributed by atoms with Crippen molar-refractivity contribution in [3.8, 4) is 0 Å². The standard InChI is InChI=1S/C13H15NO4/c1-8(2)11(13(17)18)10(12(15)16)6-9-4-3-5-14-7-9/h3-5,7-8H,6H2,1-2H3,(H,15,16)(H,17,18)/b11-10-. The number of hydrogen-bond acceptors (Lipinski definition) is 3. The van der Waals surface area contributed by atoms with Crippen molar-refractivity contribution in [2.24, 2.45) is 5.92 Å². The highest BCUT2D eigenvalue weighted by Gasteiger charge is 2.22. The van der Waals surface area contributed by atoms with Crippen LogP contribution in [0, 0.1) is 5.92 Å². The minimum atomic E-state index is -1.20. The zero-order valence-electron chi connectivity index (χ0n) is 10.3. The fourth-order valence-electron chi connectivity index (χ4n) is 1.72. The van der Waals surface area contributed by atoms with Gasteiger partial charge in [0.25, 0.3) is 0 Å². The predicted octanol–water partition coefficient (Wildman–Crippen LogP) is 1.75. The van der Waals surface area contributed by atoms with E-state index >= 15 is 0 Å². The third kappa shape index (κ3) is 3.41. The molecule has 5 nitrogen and oxygen atoms in total. The second-order valence-electron chi connectivity index (χ2n) is 4.20. The Hall–Kier alpha value is -2.17. The average Bonchev–Trinajstić information content (AvgIpc) is 2.28. The Kier molecular flexibility index (Phi) is 4.59. The number of nitrogens with zero attached hydrogens (tertiary/aromatic N) is 1. The number of aromatic nitrogens is 1. The largest absolute Gasteiger partial charge is 0.478 e. The predicted molar refractivity (Wildman–Crippen MR) is 65.1 cm³/mol. The summed E-state index contributed by atoms with van der Waals surface area (Å²) in [5, 5.41) is 18.3. The average molecular weight is 249 g/mol. The van der Waals surface area contributed by atoms with Crippen LogP contribution in [0.25, 0.3) is 0 Å². The first-order valence-corrected chi connectivity index (χ1v) is 5.52. The van der Waals surface area contributed by atoms with E-state index in [1.165, 1.54) is 6.20 Å². The summed E-state index contributed by atoms with van der Waals surface area (Å²) in [6, 6.07) is 3.40. The molecule has 0 aromatic carbocycles. The molecule has 1 aromatic heterocycles. The highest BCUT2D eigenvalue weighted by molar-refractivity contribution is 5.99. The molecule has 0 bridgehead atoms. The van der Waals surface area contributed by atoms with E-state index in [0.29, 0.717) is 5.56 Å². The third-order valence-electron chi connectivity index (χ3n) is 2.49. The monoisotopic (exact) mass is 249 g/mol. The molecule has 0 aliphatic rings. The number of rotatable bonds is 5. The number of hydrogen-bond donors (Lipinski definition) is 2. The minimum Gasteiger partial charge on any atom is -0.478 e. The number of carbonyl (C=O) groups is 2. The van der Waals surface area contributed by atoms with Crippen molar-refractivity contribution >= 4 is 11.9 Å². The summed E-state index contributed by atoms with van der Waals surface area (Å²) in [7, 11) is 0. The van der Waals surface area contributed by atoms with Gasteiger partial charge in [-0.1, -0.05) is 19.9 Å². The topological polar surface area (TPSA) is 87.5 Å². The van der Waals surface area contributed by atoms with Gasteiger partial charge in [0.2, 0.25) is 0 Å². The van der Waals surface area contributed by atoms with E-state index in [2.05, 4.69) is 4.98 Å². The molecule has 0 amide bonds. The van der Waals surface area contributed by atoms with Gasteiger partial charge in [0.05, 0.1) is 11.1 Å². The summed E-state index contributed by atoms with van der Waals surface area (Å²) in [5.74, 6) is -2.75. The molecule has 0 atom stereocenters. The summed E-state index contributed by atoms with van der Waals surface area (Å²) in [6.45, 7) is 3.32. The van der Waals surface area contributed by atoms with Crippen LogP contribution in [0.15, 0.2) is 35.7 Å². The highest BCUT2D eigenvalue weighted by Crippen LogP contribution is 2.19. The summed E-state index contributed by atoms with van der Waals surface area (Å²) in [4.78, 5) is 26.2. The molecule has 1 aromatic rings. The van der Waals surface area contributed by atoms with Crippen molar-refractivity contribution in [3.63, 3.8) is 0 Å². The van der Waals surface area contributed by atoms with Gasteiger partial charge < -0.3 is 10.2 Å². The second-order valence-corrected chi connectivity index (χ2v) is 4.20. The van der Waals surface area contributed by atoms with Gasteiger partial charge in [-0.3, -0.25) is 4.98 Å². The summed E-state index contributed by atoms with van der Waals surface area (Å²) < 4.78 is 0. The molecule has 1 rings (SSSR count). The highest BCUT2D eigenvalue weighted by atomic mass is 16.4. The number of aliphatic carboxylic acids is 2. The summed E-state index contributed by atoms with van der Waals surface area (Å²) >= 11 is 0. The number of carboxylic acids is 2. The van der Waals surface area contributed by atoms with Crippen molar-refractivity contribution in [3.05, 3.63) is 41.2 Å². The first kappa shape index (κ1) is 13.9. The lowest BCUT2D eigenvalue weighted by Crippen LogP contribution is -2.17. The fraction of sp³-hybridized carbons (Fsp3) is 0.308. The maximum atomic E-state index is 11.2. The van der Waals surface area contributed by atoms with Crippen LogP contribution in [0.3, 0.4) is 0 Å². The Morgan fingerprint density at radius 2 is 1.94 bits per heavy atom. The number of carboxylic acid groups (broad SMARTS) is 2. The maximum absolute atomic E-state index is 11.2. The Bertz CT molecular complexity index is 477. The van der Waals surface area contributed by atoms with E-state index in [1.54, 1.807) is 32.2 Å². The molecule has 2 N–H and O–H groups in total. The van der Waals surface area contributed by atoms with Crippen molar-refractivity contribution < 1.29 is 19.8 Å². The van der Waals surface area contributed by atoms with E-state index in [-0.39, 0.29) is 23.5 Å². The number of pyridine rings is 1. The fourth-order valence-corrected chi connectivity index (χ4v) is 1.72. The minimum absolute atomic E-state index is 0.0585. The van der Waals surface area contributed by atoms with Crippen LogP contribution in [-0.4, -0.2) is 27.1 Å². The van der Waals surface area contributed by atoms with Crippen LogP contribution in [0.1, 0.15) is 19.4 Å². The van der Waals surface area contributed by atoms with Crippen LogP contribution in [0.4, 0.5) is 0 Å². The van der Waals surface area contributed by atoms with Crippen molar-refractivity contribution in [2.75, 3.05) is 0 Å². The lowest BCUT2D eigenvalue weighted by Gasteiger charge is -2.11. The van der Waals surface area contributed by atoms with E-state index in [0.717, 1.165) is 0 Å². The summed E-state index contributed by atoms with van der Waals surface area (Å²) in [5.41, 5.74) is 0.520. The molecule has 0 saturated carbocycles. The molecule has 0 aliphatic carbocycles. The van der Waals surface area contributed by atoms with E-state index < -0.39 is 11.9 Å². The zero-order valence-corrected chi connectivity index (χ0v) is 10.3. The Balaban J connectivity index is 3.21. The van der Waals surface area contributed by atoms with Gasteiger partial charge in [-0.05, 0) is 17.5 Å². The van der Waals surface area contributed by atoms with E-state index in [9.17, 15) is 9.59 Å². The lowest BCUT2D eigenvalue weighted by atomic mass is 9.93. The van der Waals surface area contributed by atoms with Gasteiger partial charge in [-0.25, -0.2) is 9.59 Å². The van der Waals surface area contributed by atoms with E-state index in [4.69, 9.17) is 10.2 Å². The van der Waals surface area contributed by atoms with Crippen molar-refractivity contribution in [2.45, 2.75) is 20.3 Å². The molecular formula is C13H15NO4. The van der Waals surface area contributed by atoms with Crippen LogP contribution in [-0.2, 0) is 16.0 Å². The van der Waals surface area contributed by atoms with Gasteiger partial charge in [0, 0.05) is 18.8 Å². The SMILES string of the molecule is CC(C)/C(C(=O)O)=C(\Cc1cccnc1)C(=O)O. The van der Waals surface area contributed by atoms with Crippen molar-refractivity contribution in [1.82, 2.24) is 4.98 Å². The van der Waals surface area contributed by atoms with Crippen LogP contribution < -0.4 is 0 Å². The molecular weight excluding hydrogens is 234 g/mol. The maximum Gasteiger partial charge on any atom is 0.332 e. The molecule has 0 radical (unpaired) electrons. The molecule has 0 unspecified atom stereocenters. The third-order valence-corrected chi connectivity index (χ3v) is 2.49. The molecule has 5 heteroatoms. The van der Waals surface area contributed by atoms with Gasteiger partial charge >= 0.3 is 11.9 Å². The van der Waals surface area contributed by atoms with E-state index in [1.807, 2.05) is 0 Å². The van der Waals surface area contributed by atoms with Gasteiger partial charge in [0.1, 0.15) is 0 Å². The Morgan fingerprint density at radius 3 is 2.33 bits per heavy atom. The van der Waals surface area contributed by atoms with Crippen LogP contribution in [0.2, 0.25) is 0 Å². The molecule has 0 fully saturated rings. The molecule has 0 aliphatic heterocycles. The Morgan fingerprint density at radius 1 is 1.28 bits per heavy atom. The lowest BCUT2D eigenvalue weighted by molar-refractivity contribution is -0.136. The first-order valence-electron chi connectivity index (χ1n) is 5.52. The smallest absolute Gasteiger partial charge is 0.332 e. The van der Waals surface area contributed by atoms with Gasteiger partial charge in [-0.2, -0.15) is 0 Å². The molecule has 96 valence electrons. The quantitative estimate of drug-likeness (QED) is 0.776. The first-order chi connectivity index (χ1) is 8.43. The second kappa shape index (κ2) is 5.95. The zero-order chi connectivity index (χ0) is 13.7. The van der Waals surface area contributed by atoms with Crippen molar-refractivity contribution in [1.29, 1.82) is 0 Å². The molecule has 1 heterocycles. The molecule has 0 spiro atoms. The van der Waals surface area contributed by atoms with Gasteiger partial charge in [-0.15, -0.1) is 0 Å². The summed E-state index contributed by atoms with van der Waals surface area (Å²) in [6.07, 6.45) is 3.17. The van der Waals surface area contributed by atoms with Crippen LogP contribution >= 0.6 is 0 Å². The Labute approximate surface area is 105 Å². The van der Waals surface area contributed by atoms with Gasteiger partial charge in [0.15, 0.2) is 0 Å².